The Morgan fingerprint density at radius 3 is 2.13 bits per heavy atom. The van der Waals surface area contributed by atoms with Crippen LogP contribution in [0.1, 0.15) is 50.3 Å². The Bertz CT molecular complexity index is 583. The molecule has 1 heteroatoms. The first-order valence-electron chi connectivity index (χ1n) is 8.88. The van der Waals surface area contributed by atoms with Crippen LogP contribution < -0.4 is 0 Å². The Morgan fingerprint density at radius 2 is 1.43 bits per heavy atom. The monoisotopic (exact) mass is 310 g/mol. The standard InChI is InChI=1S/C22H30O/c1-17(2)7-9-20-5-4-6-21(16-20)15-18(3)8-10-19-11-13-22(23)14-12-19/h4-6,11-14,16-18,23H,7-10,15H2,1-3H3. The van der Waals surface area contributed by atoms with Gasteiger partial charge in [-0.3, -0.25) is 0 Å². The first kappa shape index (κ1) is 17.6. The van der Waals surface area contributed by atoms with Crippen LogP contribution in [0, 0.1) is 11.8 Å². The lowest BCUT2D eigenvalue weighted by Gasteiger charge is -2.13. The first-order chi connectivity index (χ1) is 11.0. The van der Waals surface area contributed by atoms with Crippen LogP contribution in [0.2, 0.25) is 0 Å². The minimum atomic E-state index is 0.347. The topological polar surface area (TPSA) is 20.2 Å². The van der Waals surface area contributed by atoms with Crippen molar-refractivity contribution in [2.45, 2.75) is 52.9 Å². The zero-order valence-electron chi connectivity index (χ0n) is 14.8. The van der Waals surface area contributed by atoms with Gasteiger partial charge in [0.25, 0.3) is 0 Å². The maximum Gasteiger partial charge on any atom is 0.115 e. The van der Waals surface area contributed by atoms with E-state index in [9.17, 15) is 5.11 Å². The van der Waals surface area contributed by atoms with E-state index in [0.717, 1.165) is 18.8 Å². The zero-order chi connectivity index (χ0) is 16.7. The molecule has 0 aromatic heterocycles. The Hall–Kier alpha value is -1.76. The highest BCUT2D eigenvalue weighted by Gasteiger charge is 2.06. The van der Waals surface area contributed by atoms with Gasteiger partial charge >= 0.3 is 0 Å². The van der Waals surface area contributed by atoms with Gasteiger partial charge in [0.05, 0.1) is 0 Å². The fourth-order valence-electron chi connectivity index (χ4n) is 2.95. The van der Waals surface area contributed by atoms with Crippen molar-refractivity contribution < 1.29 is 5.11 Å². The summed E-state index contributed by atoms with van der Waals surface area (Å²) in [6.45, 7) is 6.91. The van der Waals surface area contributed by atoms with Crippen molar-refractivity contribution in [3.05, 3.63) is 65.2 Å². The van der Waals surface area contributed by atoms with Crippen LogP contribution in [0.3, 0.4) is 0 Å². The Labute approximate surface area is 141 Å². The highest BCUT2D eigenvalue weighted by molar-refractivity contribution is 5.26. The molecule has 0 fully saturated rings. The molecule has 2 aromatic rings. The predicted octanol–water partition coefficient (Wildman–Crippen LogP) is 5.79. The molecule has 2 aromatic carbocycles. The molecule has 23 heavy (non-hydrogen) atoms. The van der Waals surface area contributed by atoms with Crippen molar-refractivity contribution >= 4 is 0 Å². The van der Waals surface area contributed by atoms with Gasteiger partial charge in [0.2, 0.25) is 0 Å². The highest BCUT2D eigenvalue weighted by atomic mass is 16.3. The number of aryl methyl sites for hydroxylation is 2. The van der Waals surface area contributed by atoms with E-state index in [1.54, 1.807) is 12.1 Å². The summed E-state index contributed by atoms with van der Waals surface area (Å²) < 4.78 is 0. The number of aromatic hydroxyl groups is 1. The van der Waals surface area contributed by atoms with Gasteiger partial charge in [-0.05, 0) is 72.8 Å². The maximum atomic E-state index is 9.33. The number of benzene rings is 2. The van der Waals surface area contributed by atoms with E-state index >= 15 is 0 Å². The fourth-order valence-corrected chi connectivity index (χ4v) is 2.95. The molecule has 0 saturated carbocycles. The molecule has 0 amide bonds. The van der Waals surface area contributed by atoms with Crippen LogP contribution in [0.4, 0.5) is 0 Å². The summed E-state index contributed by atoms with van der Waals surface area (Å²) in [5, 5.41) is 9.33. The second-order valence-corrected chi connectivity index (χ2v) is 7.27. The number of hydrogen-bond acceptors (Lipinski definition) is 1. The summed E-state index contributed by atoms with van der Waals surface area (Å²) in [4.78, 5) is 0. The molecule has 0 radical (unpaired) electrons. The van der Waals surface area contributed by atoms with Gasteiger partial charge in [-0.1, -0.05) is 57.2 Å². The van der Waals surface area contributed by atoms with E-state index in [4.69, 9.17) is 0 Å². The van der Waals surface area contributed by atoms with E-state index in [0.29, 0.717) is 11.7 Å². The molecule has 1 N–H and O–H groups in total. The molecule has 0 aliphatic heterocycles. The maximum absolute atomic E-state index is 9.33. The zero-order valence-corrected chi connectivity index (χ0v) is 14.8. The average molecular weight is 310 g/mol. The van der Waals surface area contributed by atoms with Gasteiger partial charge in [-0.15, -0.1) is 0 Å². The van der Waals surface area contributed by atoms with Gasteiger partial charge < -0.3 is 5.11 Å². The van der Waals surface area contributed by atoms with E-state index < -0.39 is 0 Å². The third-order valence-electron chi connectivity index (χ3n) is 4.45. The number of phenolic OH excluding ortho intramolecular Hbond substituents is 1. The summed E-state index contributed by atoms with van der Waals surface area (Å²) in [6.07, 6.45) is 5.86. The summed E-state index contributed by atoms with van der Waals surface area (Å²) >= 11 is 0. The SMILES string of the molecule is CC(C)CCc1cccc(CC(C)CCc2ccc(O)cc2)c1. The van der Waals surface area contributed by atoms with E-state index in [2.05, 4.69) is 45.0 Å². The molecule has 1 unspecified atom stereocenters. The van der Waals surface area contributed by atoms with Gasteiger partial charge in [0.15, 0.2) is 0 Å². The van der Waals surface area contributed by atoms with Gasteiger partial charge in [-0.2, -0.15) is 0 Å². The van der Waals surface area contributed by atoms with Crippen molar-refractivity contribution in [2.24, 2.45) is 11.8 Å². The minimum Gasteiger partial charge on any atom is -0.508 e. The van der Waals surface area contributed by atoms with Crippen LogP contribution in [-0.4, -0.2) is 5.11 Å². The van der Waals surface area contributed by atoms with Crippen molar-refractivity contribution in [1.82, 2.24) is 0 Å². The van der Waals surface area contributed by atoms with Crippen molar-refractivity contribution in [2.75, 3.05) is 0 Å². The largest absolute Gasteiger partial charge is 0.508 e. The van der Waals surface area contributed by atoms with E-state index in [1.165, 1.54) is 36.0 Å². The molecule has 124 valence electrons. The molecule has 0 aliphatic rings. The van der Waals surface area contributed by atoms with Crippen LogP contribution >= 0.6 is 0 Å². The summed E-state index contributed by atoms with van der Waals surface area (Å²) in [5.41, 5.74) is 4.24. The number of hydrogen-bond donors (Lipinski definition) is 1. The lowest BCUT2D eigenvalue weighted by Crippen LogP contribution is -2.02. The third-order valence-corrected chi connectivity index (χ3v) is 4.45. The molecular formula is C22H30O. The van der Waals surface area contributed by atoms with Crippen molar-refractivity contribution in [1.29, 1.82) is 0 Å². The van der Waals surface area contributed by atoms with Gasteiger partial charge in [-0.25, -0.2) is 0 Å². The van der Waals surface area contributed by atoms with Crippen molar-refractivity contribution in [3.8, 4) is 5.75 Å². The van der Waals surface area contributed by atoms with Crippen LogP contribution in [0.5, 0.6) is 5.75 Å². The quantitative estimate of drug-likeness (QED) is 0.654. The van der Waals surface area contributed by atoms with Crippen molar-refractivity contribution in [3.63, 3.8) is 0 Å². The predicted molar refractivity (Wildman–Crippen MR) is 98.9 cm³/mol. The molecule has 1 atom stereocenters. The summed E-state index contributed by atoms with van der Waals surface area (Å²) in [6, 6.07) is 16.7. The fraction of sp³-hybridized carbons (Fsp3) is 0.455. The molecule has 0 spiro atoms. The molecule has 1 nitrogen and oxygen atoms in total. The van der Waals surface area contributed by atoms with Crippen LogP contribution in [0.25, 0.3) is 0 Å². The second-order valence-electron chi connectivity index (χ2n) is 7.27. The Balaban J connectivity index is 1.83. The van der Waals surface area contributed by atoms with Crippen LogP contribution in [0.15, 0.2) is 48.5 Å². The Morgan fingerprint density at radius 1 is 0.783 bits per heavy atom. The van der Waals surface area contributed by atoms with E-state index in [-0.39, 0.29) is 0 Å². The molecular weight excluding hydrogens is 280 g/mol. The number of rotatable bonds is 8. The normalized spacial score (nSPS) is 12.5. The highest BCUT2D eigenvalue weighted by Crippen LogP contribution is 2.18. The van der Waals surface area contributed by atoms with Crippen LogP contribution in [-0.2, 0) is 19.3 Å². The summed E-state index contributed by atoms with van der Waals surface area (Å²) in [7, 11) is 0. The summed E-state index contributed by atoms with van der Waals surface area (Å²) in [5.74, 6) is 1.78. The second kappa shape index (κ2) is 8.76. The smallest absolute Gasteiger partial charge is 0.115 e. The van der Waals surface area contributed by atoms with E-state index in [1.807, 2.05) is 12.1 Å². The molecule has 0 bridgehead atoms. The third kappa shape index (κ3) is 6.48. The lowest BCUT2D eigenvalue weighted by molar-refractivity contribution is 0.474. The molecule has 0 saturated heterocycles. The molecule has 2 rings (SSSR count). The Kier molecular flexibility index (Phi) is 6.70. The minimum absolute atomic E-state index is 0.347. The molecule has 0 aliphatic carbocycles. The lowest BCUT2D eigenvalue weighted by atomic mass is 9.93. The number of phenols is 1. The molecule has 0 heterocycles. The first-order valence-corrected chi connectivity index (χ1v) is 8.88. The van der Waals surface area contributed by atoms with Gasteiger partial charge in [0, 0.05) is 0 Å². The van der Waals surface area contributed by atoms with Gasteiger partial charge in [0.1, 0.15) is 5.75 Å². The average Bonchev–Trinajstić information content (AvgIpc) is 2.53.